The molecule has 2 N–H and O–H groups in total. The van der Waals surface area contributed by atoms with Gasteiger partial charge in [-0.3, -0.25) is 4.79 Å². The smallest absolute Gasteiger partial charge is 0.238 e. The van der Waals surface area contributed by atoms with Crippen LogP contribution in [0.25, 0.3) is 5.69 Å². The lowest BCUT2D eigenvalue weighted by atomic mass is 10.1. The summed E-state index contributed by atoms with van der Waals surface area (Å²) in [5.74, 6) is -0.0888. The molecule has 3 aromatic rings. The number of fused-ring (bicyclic) bond motifs is 1. The zero-order chi connectivity index (χ0) is 20.8. The lowest BCUT2D eigenvalue weighted by Crippen LogP contribution is -2.30. The molecule has 0 atom stereocenters. The Bertz CT molecular complexity index is 1200. The average Bonchev–Trinajstić information content (AvgIpc) is 3.23. The number of rotatable bonds is 4. The number of nitrogens with zero attached hydrogens (tertiary/aromatic N) is 3. The number of hydrogen-bond acceptors (Lipinski definition) is 4. The summed E-state index contributed by atoms with van der Waals surface area (Å²) >= 11 is 0. The molecular formula is C21H22N4O3S. The number of primary sulfonamides is 1. The summed E-state index contributed by atoms with van der Waals surface area (Å²) in [4.78, 5) is 14.8. The van der Waals surface area contributed by atoms with Gasteiger partial charge in [-0.1, -0.05) is 24.3 Å². The molecule has 0 fully saturated rings. The molecule has 0 aliphatic carbocycles. The molecule has 0 saturated heterocycles. The van der Waals surface area contributed by atoms with Crippen LogP contribution in [0.3, 0.4) is 0 Å². The molecule has 2 aromatic carbocycles. The Kier molecular flexibility index (Phi) is 4.76. The second-order valence-electron chi connectivity index (χ2n) is 7.20. The van der Waals surface area contributed by atoms with E-state index in [2.05, 4.69) is 5.10 Å². The molecule has 1 aliphatic heterocycles. The zero-order valence-corrected chi connectivity index (χ0v) is 17.1. The van der Waals surface area contributed by atoms with Crippen LogP contribution >= 0.6 is 0 Å². The van der Waals surface area contributed by atoms with Crippen molar-refractivity contribution >= 4 is 21.6 Å². The van der Waals surface area contributed by atoms with Gasteiger partial charge in [-0.05, 0) is 50.1 Å². The number of benzene rings is 2. The summed E-state index contributed by atoms with van der Waals surface area (Å²) in [5, 5.41) is 9.85. The van der Waals surface area contributed by atoms with E-state index < -0.39 is 10.0 Å². The van der Waals surface area contributed by atoms with Crippen LogP contribution in [0, 0.1) is 13.8 Å². The zero-order valence-electron chi connectivity index (χ0n) is 16.3. The van der Waals surface area contributed by atoms with Gasteiger partial charge in [-0.15, -0.1) is 0 Å². The Labute approximate surface area is 169 Å². The van der Waals surface area contributed by atoms with Crippen LogP contribution in [0.2, 0.25) is 0 Å². The van der Waals surface area contributed by atoms with Crippen molar-refractivity contribution in [2.24, 2.45) is 5.14 Å². The van der Waals surface area contributed by atoms with Crippen LogP contribution in [0.1, 0.15) is 22.5 Å². The van der Waals surface area contributed by atoms with Gasteiger partial charge in [-0.2, -0.15) is 5.10 Å². The van der Waals surface area contributed by atoms with Crippen LogP contribution in [0.4, 0.5) is 5.69 Å². The van der Waals surface area contributed by atoms with Gasteiger partial charge >= 0.3 is 0 Å². The van der Waals surface area contributed by atoms with Gasteiger partial charge in [0.25, 0.3) is 0 Å². The highest BCUT2D eigenvalue weighted by Gasteiger charge is 2.27. The maximum absolute atomic E-state index is 13.1. The second-order valence-corrected chi connectivity index (χ2v) is 8.77. The first-order valence-electron chi connectivity index (χ1n) is 9.32. The molecule has 0 unspecified atom stereocenters. The highest BCUT2D eigenvalue weighted by molar-refractivity contribution is 7.89. The van der Waals surface area contributed by atoms with Crippen molar-refractivity contribution in [3.8, 4) is 5.69 Å². The third kappa shape index (κ3) is 3.56. The van der Waals surface area contributed by atoms with Gasteiger partial charge < -0.3 is 4.90 Å². The van der Waals surface area contributed by atoms with E-state index in [1.807, 2.05) is 48.9 Å². The SMILES string of the molecule is Cc1nn(-c2ccccc2)c(C)c1CC(=O)N1CCc2ccc(S(N)(=O)=O)cc21. The molecule has 1 aromatic heterocycles. The third-order valence-corrected chi connectivity index (χ3v) is 6.26. The molecule has 1 aliphatic rings. The van der Waals surface area contributed by atoms with Crippen LogP contribution in [0.5, 0.6) is 0 Å². The normalized spacial score (nSPS) is 13.6. The fraction of sp³-hybridized carbons (Fsp3) is 0.238. The van der Waals surface area contributed by atoms with Gasteiger partial charge in [0.05, 0.1) is 22.7 Å². The van der Waals surface area contributed by atoms with Crippen molar-refractivity contribution in [2.75, 3.05) is 11.4 Å². The van der Waals surface area contributed by atoms with Crippen molar-refractivity contribution in [3.05, 3.63) is 71.0 Å². The average molecular weight is 410 g/mol. The Balaban J connectivity index is 1.64. The summed E-state index contributed by atoms with van der Waals surface area (Å²) in [7, 11) is -3.82. The maximum Gasteiger partial charge on any atom is 0.238 e. The van der Waals surface area contributed by atoms with E-state index in [1.165, 1.54) is 12.1 Å². The summed E-state index contributed by atoms with van der Waals surface area (Å²) in [6.45, 7) is 4.37. The number of hydrogen-bond donors (Lipinski definition) is 1. The molecule has 2 heterocycles. The summed E-state index contributed by atoms with van der Waals surface area (Å²) in [6.07, 6.45) is 0.886. The van der Waals surface area contributed by atoms with Crippen LogP contribution in [-0.4, -0.2) is 30.7 Å². The number of anilines is 1. The number of sulfonamides is 1. The molecule has 0 radical (unpaired) electrons. The summed E-state index contributed by atoms with van der Waals surface area (Å²) < 4.78 is 25.2. The number of amides is 1. The Morgan fingerprint density at radius 3 is 2.55 bits per heavy atom. The topological polar surface area (TPSA) is 98.3 Å². The molecule has 0 bridgehead atoms. The molecule has 4 rings (SSSR count). The Morgan fingerprint density at radius 2 is 1.86 bits per heavy atom. The quantitative estimate of drug-likeness (QED) is 0.713. The predicted octanol–water partition coefficient (Wildman–Crippen LogP) is 2.27. The van der Waals surface area contributed by atoms with E-state index in [0.717, 1.165) is 28.2 Å². The monoisotopic (exact) mass is 410 g/mol. The molecule has 0 spiro atoms. The Morgan fingerprint density at radius 1 is 1.14 bits per heavy atom. The van der Waals surface area contributed by atoms with Crippen molar-refractivity contribution in [2.45, 2.75) is 31.6 Å². The second kappa shape index (κ2) is 7.13. The first-order chi connectivity index (χ1) is 13.8. The number of carbonyl (C=O) groups excluding carboxylic acids is 1. The van der Waals surface area contributed by atoms with E-state index in [9.17, 15) is 13.2 Å². The number of carbonyl (C=O) groups is 1. The highest BCUT2D eigenvalue weighted by Crippen LogP contribution is 2.31. The lowest BCUT2D eigenvalue weighted by Gasteiger charge is -2.18. The lowest BCUT2D eigenvalue weighted by molar-refractivity contribution is -0.117. The first-order valence-corrected chi connectivity index (χ1v) is 10.9. The third-order valence-electron chi connectivity index (χ3n) is 5.35. The summed E-state index contributed by atoms with van der Waals surface area (Å²) in [6, 6.07) is 14.5. The van der Waals surface area contributed by atoms with Crippen LogP contribution in [-0.2, 0) is 27.7 Å². The fourth-order valence-electron chi connectivity index (χ4n) is 3.79. The van der Waals surface area contributed by atoms with Crippen molar-refractivity contribution in [1.82, 2.24) is 9.78 Å². The molecule has 0 saturated carbocycles. The largest absolute Gasteiger partial charge is 0.311 e. The van der Waals surface area contributed by atoms with Crippen molar-refractivity contribution < 1.29 is 13.2 Å². The number of aromatic nitrogens is 2. The van der Waals surface area contributed by atoms with Crippen molar-refractivity contribution in [3.63, 3.8) is 0 Å². The van der Waals surface area contributed by atoms with Gasteiger partial charge in [-0.25, -0.2) is 18.2 Å². The molecule has 150 valence electrons. The van der Waals surface area contributed by atoms with Gasteiger partial charge in [0.2, 0.25) is 15.9 Å². The highest BCUT2D eigenvalue weighted by atomic mass is 32.2. The van der Waals surface area contributed by atoms with E-state index in [1.54, 1.807) is 11.0 Å². The van der Waals surface area contributed by atoms with E-state index in [-0.39, 0.29) is 17.2 Å². The molecule has 8 heteroatoms. The standard InChI is InChI=1S/C21H22N4O3S/c1-14-19(15(2)25(23-14)17-6-4-3-5-7-17)13-21(26)24-11-10-16-8-9-18(12-20(16)24)29(22,27)28/h3-9,12H,10-11,13H2,1-2H3,(H2,22,27,28). The number of nitrogens with two attached hydrogens (primary N) is 1. The summed E-state index contributed by atoms with van der Waals surface area (Å²) in [5.41, 5.74) is 5.11. The van der Waals surface area contributed by atoms with E-state index >= 15 is 0 Å². The minimum atomic E-state index is -3.82. The predicted molar refractivity (Wildman–Crippen MR) is 111 cm³/mol. The number of para-hydroxylation sites is 1. The number of aryl methyl sites for hydroxylation is 1. The van der Waals surface area contributed by atoms with Crippen molar-refractivity contribution in [1.29, 1.82) is 0 Å². The van der Waals surface area contributed by atoms with E-state index in [0.29, 0.717) is 18.7 Å². The molecular weight excluding hydrogens is 388 g/mol. The molecule has 29 heavy (non-hydrogen) atoms. The minimum absolute atomic E-state index is 0.0141. The first kappa shape index (κ1) is 19.4. The van der Waals surface area contributed by atoms with Gasteiger partial charge in [0, 0.05) is 23.5 Å². The fourth-order valence-corrected chi connectivity index (χ4v) is 4.33. The van der Waals surface area contributed by atoms with Gasteiger partial charge in [0.15, 0.2) is 0 Å². The van der Waals surface area contributed by atoms with Crippen LogP contribution < -0.4 is 10.0 Å². The Hall–Kier alpha value is -2.97. The molecule has 7 nitrogen and oxygen atoms in total. The minimum Gasteiger partial charge on any atom is -0.311 e. The molecule has 1 amide bonds. The van der Waals surface area contributed by atoms with Crippen LogP contribution in [0.15, 0.2) is 53.4 Å². The maximum atomic E-state index is 13.1. The van der Waals surface area contributed by atoms with E-state index in [4.69, 9.17) is 5.14 Å². The van der Waals surface area contributed by atoms with Gasteiger partial charge in [0.1, 0.15) is 0 Å².